The van der Waals surface area contributed by atoms with Crippen molar-refractivity contribution in [2.75, 3.05) is 7.11 Å². The fourth-order valence-corrected chi connectivity index (χ4v) is 3.32. The third kappa shape index (κ3) is 5.21. The predicted molar refractivity (Wildman–Crippen MR) is 98.3 cm³/mol. The van der Waals surface area contributed by atoms with E-state index >= 15 is 0 Å². The molecule has 0 aromatic heterocycles. The van der Waals surface area contributed by atoms with Crippen molar-refractivity contribution in [3.8, 4) is 5.75 Å². The first kappa shape index (κ1) is 19.3. The van der Waals surface area contributed by atoms with Crippen LogP contribution in [0.5, 0.6) is 5.75 Å². The molecule has 1 aliphatic rings. The number of hydrogen-bond acceptors (Lipinski definition) is 3. The van der Waals surface area contributed by atoms with Gasteiger partial charge < -0.3 is 15.0 Å². The molecule has 1 atom stereocenters. The van der Waals surface area contributed by atoms with Crippen molar-refractivity contribution in [3.05, 3.63) is 29.8 Å². The number of likely N-dealkylation sites (tertiary alicyclic amines) is 1. The number of nitrogens with zero attached hydrogens (tertiary/aromatic N) is 1. The fraction of sp³-hybridized carbons (Fsp3) is 0.600. The number of hydrogen-bond donors (Lipinski definition) is 1. The summed E-state index contributed by atoms with van der Waals surface area (Å²) in [6, 6.07) is 7.47. The molecule has 0 radical (unpaired) electrons. The first-order chi connectivity index (χ1) is 12.1. The zero-order valence-electron chi connectivity index (χ0n) is 15.6. The third-order valence-corrected chi connectivity index (χ3v) is 4.94. The Morgan fingerprint density at radius 2 is 2.08 bits per heavy atom. The monoisotopic (exact) mass is 346 g/mol. The van der Waals surface area contributed by atoms with Gasteiger partial charge in [-0.15, -0.1) is 0 Å². The number of methoxy groups -OCH3 is 1. The molecule has 138 valence electrons. The molecule has 1 saturated heterocycles. The van der Waals surface area contributed by atoms with Crippen LogP contribution < -0.4 is 10.1 Å². The summed E-state index contributed by atoms with van der Waals surface area (Å²) in [5.41, 5.74) is 0.981. The van der Waals surface area contributed by atoms with Gasteiger partial charge in [0.15, 0.2) is 0 Å². The van der Waals surface area contributed by atoms with Crippen LogP contribution in [0.3, 0.4) is 0 Å². The molecule has 0 aliphatic carbocycles. The van der Waals surface area contributed by atoms with Crippen LogP contribution in [0, 0.1) is 0 Å². The molecule has 2 amide bonds. The van der Waals surface area contributed by atoms with Crippen LogP contribution in [0.25, 0.3) is 0 Å². The Kier molecular flexibility index (Phi) is 7.29. The minimum Gasteiger partial charge on any atom is -0.497 e. The number of ether oxygens (including phenoxy) is 1. The maximum atomic E-state index is 12.8. The van der Waals surface area contributed by atoms with Crippen LogP contribution in [-0.4, -0.2) is 35.9 Å². The average molecular weight is 346 g/mol. The Morgan fingerprint density at radius 1 is 1.32 bits per heavy atom. The molecular weight excluding hydrogens is 316 g/mol. The minimum absolute atomic E-state index is 0.0214. The van der Waals surface area contributed by atoms with Gasteiger partial charge in [-0.3, -0.25) is 9.59 Å². The first-order valence-electron chi connectivity index (χ1n) is 9.31. The largest absolute Gasteiger partial charge is 0.497 e. The molecule has 1 unspecified atom stereocenters. The normalized spacial score (nSPS) is 18.2. The lowest BCUT2D eigenvalue weighted by Crippen LogP contribution is -2.50. The molecule has 1 fully saturated rings. The van der Waals surface area contributed by atoms with Gasteiger partial charge in [-0.05, 0) is 43.4 Å². The van der Waals surface area contributed by atoms with E-state index in [1.54, 1.807) is 12.0 Å². The van der Waals surface area contributed by atoms with Gasteiger partial charge in [-0.25, -0.2) is 0 Å². The van der Waals surface area contributed by atoms with Gasteiger partial charge in [0.05, 0.1) is 7.11 Å². The molecule has 0 saturated carbocycles. The quantitative estimate of drug-likeness (QED) is 0.824. The summed E-state index contributed by atoms with van der Waals surface area (Å²) in [5, 5.41) is 3.12. The maximum absolute atomic E-state index is 12.8. The second kappa shape index (κ2) is 9.44. The lowest BCUT2D eigenvalue weighted by Gasteiger charge is -2.30. The highest BCUT2D eigenvalue weighted by atomic mass is 16.5. The van der Waals surface area contributed by atoms with Crippen molar-refractivity contribution in [2.24, 2.45) is 0 Å². The zero-order chi connectivity index (χ0) is 18.2. The smallest absolute Gasteiger partial charge is 0.243 e. The van der Waals surface area contributed by atoms with Gasteiger partial charge >= 0.3 is 0 Å². The van der Waals surface area contributed by atoms with Crippen molar-refractivity contribution in [1.82, 2.24) is 10.2 Å². The summed E-state index contributed by atoms with van der Waals surface area (Å²) < 4.78 is 5.27. The number of amides is 2. The van der Waals surface area contributed by atoms with E-state index in [4.69, 9.17) is 4.74 Å². The molecule has 1 aliphatic heterocycles. The Hall–Kier alpha value is -2.04. The number of carbonyl (C=O) groups is 2. The topological polar surface area (TPSA) is 58.6 Å². The van der Waals surface area contributed by atoms with E-state index in [1.807, 2.05) is 24.3 Å². The average Bonchev–Trinajstić information content (AvgIpc) is 2.81. The number of benzene rings is 1. The summed E-state index contributed by atoms with van der Waals surface area (Å²) >= 11 is 0. The molecular formula is C20H30N2O3. The fourth-order valence-electron chi connectivity index (χ4n) is 3.32. The van der Waals surface area contributed by atoms with Crippen molar-refractivity contribution in [1.29, 1.82) is 0 Å². The zero-order valence-corrected chi connectivity index (χ0v) is 15.6. The van der Waals surface area contributed by atoms with E-state index in [0.29, 0.717) is 13.0 Å². The van der Waals surface area contributed by atoms with Gasteiger partial charge in [0.2, 0.25) is 11.8 Å². The van der Waals surface area contributed by atoms with Gasteiger partial charge in [0.25, 0.3) is 0 Å². The lowest BCUT2D eigenvalue weighted by atomic mass is 10.1. The van der Waals surface area contributed by atoms with E-state index < -0.39 is 0 Å². The van der Waals surface area contributed by atoms with Gasteiger partial charge in [0, 0.05) is 19.0 Å². The summed E-state index contributed by atoms with van der Waals surface area (Å²) in [5.74, 6) is 0.801. The SMILES string of the molecule is CCC(CC)NC(=O)C1CCCCC(=O)N1Cc1cccc(OC)c1. The van der Waals surface area contributed by atoms with E-state index in [0.717, 1.165) is 43.4 Å². The Balaban J connectivity index is 2.18. The van der Waals surface area contributed by atoms with Crippen molar-refractivity contribution in [2.45, 2.75) is 71.0 Å². The Bertz CT molecular complexity index is 584. The second-order valence-electron chi connectivity index (χ2n) is 6.66. The van der Waals surface area contributed by atoms with E-state index in [9.17, 15) is 9.59 Å². The number of carbonyl (C=O) groups excluding carboxylic acids is 2. The Labute approximate surface area is 150 Å². The van der Waals surface area contributed by atoms with Crippen molar-refractivity contribution < 1.29 is 14.3 Å². The summed E-state index contributed by atoms with van der Waals surface area (Å²) in [6.45, 7) is 4.58. The van der Waals surface area contributed by atoms with Crippen LogP contribution in [0.4, 0.5) is 0 Å². The molecule has 2 rings (SSSR count). The second-order valence-corrected chi connectivity index (χ2v) is 6.66. The van der Waals surface area contributed by atoms with Gasteiger partial charge in [-0.1, -0.05) is 32.4 Å². The summed E-state index contributed by atoms with van der Waals surface area (Å²) in [4.78, 5) is 27.2. The number of rotatable bonds is 7. The first-order valence-corrected chi connectivity index (χ1v) is 9.31. The molecule has 1 aromatic rings. The highest BCUT2D eigenvalue weighted by Gasteiger charge is 2.32. The van der Waals surface area contributed by atoms with Gasteiger partial charge in [-0.2, -0.15) is 0 Å². The van der Waals surface area contributed by atoms with E-state index in [1.165, 1.54) is 0 Å². The number of nitrogens with one attached hydrogen (secondary N) is 1. The maximum Gasteiger partial charge on any atom is 0.243 e. The third-order valence-electron chi connectivity index (χ3n) is 4.94. The standard InChI is InChI=1S/C20H30N2O3/c1-4-16(5-2)21-20(24)18-11-6-7-12-19(23)22(18)14-15-9-8-10-17(13-15)25-3/h8-10,13,16,18H,4-7,11-12,14H2,1-3H3,(H,21,24). The molecule has 1 aromatic carbocycles. The Morgan fingerprint density at radius 3 is 2.76 bits per heavy atom. The molecule has 0 spiro atoms. The molecule has 0 bridgehead atoms. The summed E-state index contributed by atoms with van der Waals surface area (Å²) in [7, 11) is 1.63. The van der Waals surface area contributed by atoms with E-state index in [-0.39, 0.29) is 23.9 Å². The van der Waals surface area contributed by atoms with Crippen LogP contribution in [0.15, 0.2) is 24.3 Å². The molecule has 5 nitrogen and oxygen atoms in total. The molecule has 5 heteroatoms. The molecule has 25 heavy (non-hydrogen) atoms. The highest BCUT2D eigenvalue weighted by Crippen LogP contribution is 2.22. The van der Waals surface area contributed by atoms with Crippen LogP contribution >= 0.6 is 0 Å². The lowest BCUT2D eigenvalue weighted by molar-refractivity contribution is -0.140. The summed E-state index contributed by atoms with van der Waals surface area (Å²) in [6.07, 6.45) is 4.79. The van der Waals surface area contributed by atoms with Crippen LogP contribution in [0.1, 0.15) is 57.9 Å². The highest BCUT2D eigenvalue weighted by molar-refractivity contribution is 5.88. The van der Waals surface area contributed by atoms with Crippen molar-refractivity contribution >= 4 is 11.8 Å². The molecule has 1 N–H and O–H groups in total. The predicted octanol–water partition coefficient (Wildman–Crippen LogP) is 3.27. The van der Waals surface area contributed by atoms with Crippen LogP contribution in [0.2, 0.25) is 0 Å². The van der Waals surface area contributed by atoms with E-state index in [2.05, 4.69) is 19.2 Å². The van der Waals surface area contributed by atoms with Crippen LogP contribution in [-0.2, 0) is 16.1 Å². The van der Waals surface area contributed by atoms with Gasteiger partial charge in [0.1, 0.15) is 11.8 Å². The minimum atomic E-state index is -0.387. The molecule has 1 heterocycles. The van der Waals surface area contributed by atoms with Crippen molar-refractivity contribution in [3.63, 3.8) is 0 Å².